The number of allylic oxidation sites excluding steroid dienone is 1. The first-order chi connectivity index (χ1) is 9.51. The standard InChI is InChI=1S/C14H11N3O2S/c1-9-3-4-11(6-13(9)17(18)19)5-12(7-15)14-16-10(2)8-20-14/h3-6,8H,1-2H3/b12-5-. The van der Waals surface area contributed by atoms with Crippen LogP contribution in [0.2, 0.25) is 0 Å². The number of rotatable bonds is 3. The van der Waals surface area contributed by atoms with E-state index in [0.29, 0.717) is 21.7 Å². The Labute approximate surface area is 120 Å². The van der Waals surface area contributed by atoms with Crippen molar-refractivity contribution in [3.8, 4) is 6.07 Å². The molecule has 0 atom stereocenters. The maximum atomic E-state index is 10.9. The number of nitro groups is 1. The van der Waals surface area contributed by atoms with E-state index in [4.69, 9.17) is 0 Å². The maximum Gasteiger partial charge on any atom is 0.272 e. The van der Waals surface area contributed by atoms with Crippen LogP contribution >= 0.6 is 11.3 Å². The van der Waals surface area contributed by atoms with Gasteiger partial charge in [0.15, 0.2) is 0 Å². The summed E-state index contributed by atoms with van der Waals surface area (Å²) in [5.74, 6) is 0. The first-order valence-electron chi connectivity index (χ1n) is 5.80. The van der Waals surface area contributed by atoms with E-state index >= 15 is 0 Å². The van der Waals surface area contributed by atoms with Crippen LogP contribution in [0.5, 0.6) is 0 Å². The van der Waals surface area contributed by atoms with E-state index in [-0.39, 0.29) is 5.69 Å². The van der Waals surface area contributed by atoms with E-state index in [1.165, 1.54) is 17.4 Å². The molecule has 0 unspecified atom stereocenters. The van der Waals surface area contributed by atoms with Gasteiger partial charge in [-0.1, -0.05) is 12.1 Å². The molecule has 6 heteroatoms. The summed E-state index contributed by atoms with van der Waals surface area (Å²) in [6, 6.07) is 6.97. The first-order valence-corrected chi connectivity index (χ1v) is 6.68. The van der Waals surface area contributed by atoms with Crippen molar-refractivity contribution in [2.75, 3.05) is 0 Å². The lowest BCUT2D eigenvalue weighted by atomic mass is 10.1. The molecule has 1 heterocycles. The van der Waals surface area contributed by atoms with Crippen molar-refractivity contribution in [1.29, 1.82) is 5.26 Å². The van der Waals surface area contributed by atoms with Gasteiger partial charge in [0.2, 0.25) is 0 Å². The Balaban J connectivity index is 2.46. The van der Waals surface area contributed by atoms with E-state index in [0.717, 1.165) is 5.69 Å². The molecule has 0 amide bonds. The minimum absolute atomic E-state index is 0.0476. The van der Waals surface area contributed by atoms with Crippen molar-refractivity contribution in [3.05, 3.63) is 55.5 Å². The zero-order valence-corrected chi connectivity index (χ0v) is 11.8. The SMILES string of the molecule is Cc1csc(/C(C#N)=C\c2ccc(C)c([N+](=O)[O-])c2)n1. The van der Waals surface area contributed by atoms with E-state index in [1.807, 2.05) is 12.3 Å². The number of nitro benzene ring substituents is 1. The normalized spacial score (nSPS) is 11.2. The van der Waals surface area contributed by atoms with E-state index < -0.39 is 4.92 Å². The monoisotopic (exact) mass is 285 g/mol. The van der Waals surface area contributed by atoms with Gasteiger partial charge < -0.3 is 0 Å². The first kappa shape index (κ1) is 13.9. The Kier molecular flexibility index (Phi) is 3.91. The molecule has 0 radical (unpaired) electrons. The molecule has 100 valence electrons. The molecule has 0 spiro atoms. The van der Waals surface area contributed by atoms with Gasteiger partial charge >= 0.3 is 0 Å². The minimum Gasteiger partial charge on any atom is -0.258 e. The Morgan fingerprint density at radius 3 is 2.80 bits per heavy atom. The lowest BCUT2D eigenvalue weighted by Crippen LogP contribution is -1.92. The Bertz CT molecular complexity index is 741. The van der Waals surface area contributed by atoms with Gasteiger partial charge in [-0.15, -0.1) is 11.3 Å². The van der Waals surface area contributed by atoms with Crippen molar-refractivity contribution in [2.24, 2.45) is 0 Å². The van der Waals surface area contributed by atoms with E-state index in [9.17, 15) is 15.4 Å². The number of hydrogen-bond acceptors (Lipinski definition) is 5. The topological polar surface area (TPSA) is 79.8 Å². The van der Waals surface area contributed by atoms with Gasteiger partial charge in [0.25, 0.3) is 5.69 Å². The van der Waals surface area contributed by atoms with Crippen molar-refractivity contribution in [2.45, 2.75) is 13.8 Å². The van der Waals surface area contributed by atoms with Gasteiger partial charge in [0, 0.05) is 22.7 Å². The molecule has 0 N–H and O–H groups in total. The summed E-state index contributed by atoms with van der Waals surface area (Å²) in [4.78, 5) is 14.7. The number of aryl methyl sites for hydroxylation is 2. The predicted molar refractivity (Wildman–Crippen MR) is 78.2 cm³/mol. The highest BCUT2D eigenvalue weighted by atomic mass is 32.1. The molecule has 5 nitrogen and oxygen atoms in total. The lowest BCUT2D eigenvalue weighted by Gasteiger charge is -1.99. The Morgan fingerprint density at radius 1 is 1.50 bits per heavy atom. The molecule has 0 aliphatic rings. The van der Waals surface area contributed by atoms with Crippen LogP contribution in [0.4, 0.5) is 5.69 Å². The third-order valence-corrected chi connectivity index (χ3v) is 3.70. The van der Waals surface area contributed by atoms with Crippen LogP contribution in [0.25, 0.3) is 11.6 Å². The third-order valence-electron chi connectivity index (χ3n) is 2.71. The molecule has 0 aliphatic heterocycles. The molecule has 0 saturated heterocycles. The smallest absolute Gasteiger partial charge is 0.258 e. The summed E-state index contributed by atoms with van der Waals surface area (Å²) < 4.78 is 0. The quantitative estimate of drug-likeness (QED) is 0.489. The molecule has 2 aromatic rings. The fourth-order valence-electron chi connectivity index (χ4n) is 1.70. The second-order valence-electron chi connectivity index (χ2n) is 4.27. The molecular formula is C14H11N3O2S. The van der Waals surface area contributed by atoms with Gasteiger partial charge in [-0.05, 0) is 25.5 Å². The average molecular weight is 285 g/mol. The third kappa shape index (κ3) is 2.90. The van der Waals surface area contributed by atoms with Crippen LogP contribution in [0.15, 0.2) is 23.6 Å². The van der Waals surface area contributed by atoms with Crippen LogP contribution < -0.4 is 0 Å². The summed E-state index contributed by atoms with van der Waals surface area (Å²) >= 11 is 1.38. The number of aromatic nitrogens is 1. The maximum absolute atomic E-state index is 10.9. The summed E-state index contributed by atoms with van der Waals surface area (Å²) in [7, 11) is 0. The number of nitrogens with zero attached hydrogens (tertiary/aromatic N) is 3. The zero-order valence-electron chi connectivity index (χ0n) is 11.0. The van der Waals surface area contributed by atoms with Crippen LogP contribution in [0.3, 0.4) is 0 Å². The van der Waals surface area contributed by atoms with Crippen molar-refractivity contribution >= 4 is 28.7 Å². The van der Waals surface area contributed by atoms with Gasteiger partial charge in [0.05, 0.1) is 10.5 Å². The number of nitriles is 1. The van der Waals surface area contributed by atoms with Crippen molar-refractivity contribution in [1.82, 2.24) is 4.98 Å². The van der Waals surface area contributed by atoms with Crippen LogP contribution in [-0.4, -0.2) is 9.91 Å². The summed E-state index contributed by atoms with van der Waals surface area (Å²) in [5.41, 5.74) is 2.51. The predicted octanol–water partition coefficient (Wildman–Crippen LogP) is 3.73. The Morgan fingerprint density at radius 2 is 2.25 bits per heavy atom. The Hall–Kier alpha value is -2.52. The molecule has 0 bridgehead atoms. The highest BCUT2D eigenvalue weighted by Crippen LogP contribution is 2.24. The van der Waals surface area contributed by atoms with Gasteiger partial charge in [-0.25, -0.2) is 4.98 Å². The van der Waals surface area contributed by atoms with E-state index in [2.05, 4.69) is 11.1 Å². The molecule has 2 rings (SSSR count). The molecule has 1 aromatic heterocycles. The van der Waals surface area contributed by atoms with Gasteiger partial charge in [0.1, 0.15) is 11.1 Å². The number of benzene rings is 1. The molecular weight excluding hydrogens is 274 g/mol. The van der Waals surface area contributed by atoms with E-state index in [1.54, 1.807) is 25.1 Å². The average Bonchev–Trinajstić information content (AvgIpc) is 2.84. The molecule has 1 aromatic carbocycles. The molecule has 0 saturated carbocycles. The summed E-state index contributed by atoms with van der Waals surface area (Å²) in [6.07, 6.45) is 1.62. The second-order valence-corrected chi connectivity index (χ2v) is 5.12. The largest absolute Gasteiger partial charge is 0.272 e. The van der Waals surface area contributed by atoms with Crippen molar-refractivity contribution < 1.29 is 4.92 Å². The number of hydrogen-bond donors (Lipinski definition) is 0. The zero-order chi connectivity index (χ0) is 14.7. The molecule has 0 fully saturated rings. The van der Waals surface area contributed by atoms with Crippen LogP contribution in [-0.2, 0) is 0 Å². The molecule has 0 aliphatic carbocycles. The fourth-order valence-corrected chi connectivity index (χ4v) is 2.46. The highest BCUT2D eigenvalue weighted by molar-refractivity contribution is 7.11. The minimum atomic E-state index is -0.424. The van der Waals surface area contributed by atoms with Crippen LogP contribution in [0.1, 0.15) is 21.8 Å². The van der Waals surface area contributed by atoms with Crippen LogP contribution in [0, 0.1) is 35.3 Å². The van der Waals surface area contributed by atoms with Gasteiger partial charge in [-0.2, -0.15) is 5.26 Å². The molecule has 20 heavy (non-hydrogen) atoms. The summed E-state index contributed by atoms with van der Waals surface area (Å²) in [5, 5.41) is 22.6. The van der Waals surface area contributed by atoms with Crippen molar-refractivity contribution in [3.63, 3.8) is 0 Å². The lowest BCUT2D eigenvalue weighted by molar-refractivity contribution is -0.385. The fraction of sp³-hybridized carbons (Fsp3) is 0.143. The number of thiazole rings is 1. The highest BCUT2D eigenvalue weighted by Gasteiger charge is 2.11. The second kappa shape index (κ2) is 5.63. The van der Waals surface area contributed by atoms with Gasteiger partial charge in [-0.3, -0.25) is 10.1 Å². The summed E-state index contributed by atoms with van der Waals surface area (Å²) in [6.45, 7) is 3.53.